The molecule has 0 unspecified atom stereocenters. The Kier molecular flexibility index (Phi) is 7.40. The average Bonchev–Trinajstić information content (AvgIpc) is 2.17. The molecule has 0 aliphatic carbocycles. The Morgan fingerprint density at radius 2 is 1.85 bits per heavy atom. The van der Waals surface area contributed by atoms with Crippen LogP contribution in [-0.4, -0.2) is 12.3 Å². The van der Waals surface area contributed by atoms with E-state index in [1.807, 2.05) is 24.3 Å². The number of hydrogen-bond acceptors (Lipinski definition) is 1. The van der Waals surface area contributed by atoms with Gasteiger partial charge in [-0.15, -0.1) is 6.58 Å². The number of allylic oxidation sites excluding steroid dienone is 6. The van der Waals surface area contributed by atoms with E-state index in [1.165, 1.54) is 0 Å². The summed E-state index contributed by atoms with van der Waals surface area (Å²) >= 11 is 0. The lowest BCUT2D eigenvalue weighted by Crippen LogP contribution is -1.87. The Balaban J connectivity index is 4.18. The van der Waals surface area contributed by atoms with Crippen molar-refractivity contribution < 1.29 is 0 Å². The molecule has 0 saturated heterocycles. The molecule has 0 aromatic carbocycles. The molecule has 0 aromatic rings. The first-order valence-electron chi connectivity index (χ1n) is 4.08. The molecule has 0 saturated carbocycles. The summed E-state index contributed by atoms with van der Waals surface area (Å²) in [7, 11) is 0. The fraction of sp³-hybridized carbons (Fsp3) is 0.0833. The summed E-state index contributed by atoms with van der Waals surface area (Å²) in [6.07, 6.45) is 12.7. The maximum absolute atomic E-state index is 4.19. The van der Waals surface area contributed by atoms with Crippen molar-refractivity contribution in [3.8, 4) is 0 Å². The minimum atomic E-state index is 0.622. The van der Waals surface area contributed by atoms with E-state index in [9.17, 15) is 0 Å². The highest BCUT2D eigenvalue weighted by Crippen LogP contribution is 1.86. The number of aliphatic imine (C=N–C) groups is 1. The summed E-state index contributed by atoms with van der Waals surface area (Å²) in [4.78, 5) is 4.19. The third kappa shape index (κ3) is 6.76. The monoisotopic (exact) mass is 173 g/mol. The Labute approximate surface area is 80.2 Å². The summed E-state index contributed by atoms with van der Waals surface area (Å²) in [5.41, 5.74) is 0.855. The summed E-state index contributed by atoms with van der Waals surface area (Å²) in [5, 5.41) is 0. The Morgan fingerprint density at radius 3 is 2.38 bits per heavy atom. The van der Waals surface area contributed by atoms with Crippen molar-refractivity contribution in [3.05, 3.63) is 62.3 Å². The predicted molar refractivity (Wildman–Crippen MR) is 61.2 cm³/mol. The first-order valence-corrected chi connectivity index (χ1v) is 4.08. The van der Waals surface area contributed by atoms with Crippen LogP contribution in [0.15, 0.2) is 67.3 Å². The largest absolute Gasteiger partial charge is 0.281 e. The lowest BCUT2D eigenvalue weighted by molar-refractivity contribution is 1.25. The van der Waals surface area contributed by atoms with Crippen molar-refractivity contribution in [3.63, 3.8) is 0 Å². The molecule has 68 valence electrons. The molecule has 1 nitrogen and oxygen atoms in total. The fourth-order valence-electron chi connectivity index (χ4n) is 0.652. The summed E-state index contributed by atoms with van der Waals surface area (Å²) < 4.78 is 0. The van der Waals surface area contributed by atoms with Gasteiger partial charge in [-0.1, -0.05) is 43.5 Å². The van der Waals surface area contributed by atoms with Crippen LogP contribution < -0.4 is 0 Å². The van der Waals surface area contributed by atoms with Gasteiger partial charge >= 0.3 is 0 Å². The molecule has 0 amide bonds. The molecule has 0 bridgehead atoms. The third-order valence-corrected chi connectivity index (χ3v) is 1.24. The van der Waals surface area contributed by atoms with Gasteiger partial charge in [-0.2, -0.15) is 0 Å². The molecule has 0 aromatic heterocycles. The van der Waals surface area contributed by atoms with Crippen molar-refractivity contribution in [2.75, 3.05) is 6.54 Å². The van der Waals surface area contributed by atoms with Crippen molar-refractivity contribution in [2.45, 2.75) is 0 Å². The standard InChI is InChI=1S/C12H15N/c1-4-7-8-9-10-12(6-3)13-11-5-2/h4-10H,1-3,11H2/b8-7-,10-9-,13-12?. The van der Waals surface area contributed by atoms with Gasteiger partial charge < -0.3 is 0 Å². The van der Waals surface area contributed by atoms with Crippen LogP contribution in [0.5, 0.6) is 0 Å². The Bertz CT molecular complexity index is 254. The van der Waals surface area contributed by atoms with Crippen LogP contribution in [0, 0.1) is 0 Å². The molecule has 0 atom stereocenters. The molecular weight excluding hydrogens is 158 g/mol. The maximum Gasteiger partial charge on any atom is 0.0574 e. The molecule has 13 heavy (non-hydrogen) atoms. The lowest BCUT2D eigenvalue weighted by Gasteiger charge is -1.89. The maximum atomic E-state index is 4.19. The van der Waals surface area contributed by atoms with Gasteiger partial charge in [-0.25, -0.2) is 0 Å². The van der Waals surface area contributed by atoms with E-state index >= 15 is 0 Å². The van der Waals surface area contributed by atoms with E-state index in [1.54, 1.807) is 18.2 Å². The van der Waals surface area contributed by atoms with Gasteiger partial charge in [0.15, 0.2) is 0 Å². The minimum Gasteiger partial charge on any atom is -0.281 e. The first kappa shape index (κ1) is 11.4. The highest BCUT2D eigenvalue weighted by atomic mass is 14.7. The van der Waals surface area contributed by atoms with E-state index in [0.717, 1.165) is 5.71 Å². The van der Waals surface area contributed by atoms with Crippen LogP contribution >= 0.6 is 0 Å². The van der Waals surface area contributed by atoms with Gasteiger partial charge in [0.05, 0.1) is 12.3 Å². The van der Waals surface area contributed by atoms with Gasteiger partial charge in [0.1, 0.15) is 0 Å². The Hall–Kier alpha value is -1.63. The van der Waals surface area contributed by atoms with E-state index in [4.69, 9.17) is 0 Å². The summed E-state index contributed by atoms with van der Waals surface area (Å²) in [6.45, 7) is 11.4. The van der Waals surface area contributed by atoms with Crippen LogP contribution in [0.1, 0.15) is 0 Å². The van der Waals surface area contributed by atoms with E-state index < -0.39 is 0 Å². The number of hydrogen-bond donors (Lipinski definition) is 0. The molecule has 0 heterocycles. The topological polar surface area (TPSA) is 12.4 Å². The first-order chi connectivity index (χ1) is 6.35. The molecule has 0 radical (unpaired) electrons. The second-order valence-electron chi connectivity index (χ2n) is 2.24. The van der Waals surface area contributed by atoms with Gasteiger partial charge in [0.25, 0.3) is 0 Å². The van der Waals surface area contributed by atoms with Gasteiger partial charge in [-0.05, 0) is 12.2 Å². The zero-order chi connectivity index (χ0) is 9.94. The van der Waals surface area contributed by atoms with Crippen LogP contribution in [0.3, 0.4) is 0 Å². The average molecular weight is 173 g/mol. The second kappa shape index (κ2) is 8.47. The van der Waals surface area contributed by atoms with E-state index in [0.29, 0.717) is 6.54 Å². The predicted octanol–water partition coefficient (Wildman–Crippen LogP) is 3.10. The highest BCUT2D eigenvalue weighted by Gasteiger charge is 1.81. The summed E-state index contributed by atoms with van der Waals surface area (Å²) in [5.74, 6) is 0. The normalized spacial score (nSPS) is 12.2. The van der Waals surface area contributed by atoms with Crippen molar-refractivity contribution in [1.29, 1.82) is 0 Å². The number of nitrogens with zero attached hydrogens (tertiary/aromatic N) is 1. The van der Waals surface area contributed by atoms with Crippen LogP contribution in [0.2, 0.25) is 0 Å². The zero-order valence-electron chi connectivity index (χ0n) is 7.82. The number of rotatable bonds is 6. The highest BCUT2D eigenvalue weighted by molar-refractivity contribution is 6.03. The third-order valence-electron chi connectivity index (χ3n) is 1.24. The lowest BCUT2D eigenvalue weighted by atomic mass is 10.3. The second-order valence-corrected chi connectivity index (χ2v) is 2.24. The molecule has 1 heteroatoms. The quantitative estimate of drug-likeness (QED) is 0.332. The molecule has 0 aliphatic rings. The van der Waals surface area contributed by atoms with Gasteiger partial charge in [0, 0.05) is 0 Å². The molecule has 0 rings (SSSR count). The summed E-state index contributed by atoms with van der Waals surface area (Å²) in [6, 6.07) is 0. The van der Waals surface area contributed by atoms with Gasteiger partial charge in [0.2, 0.25) is 0 Å². The van der Waals surface area contributed by atoms with Crippen LogP contribution in [0.4, 0.5) is 0 Å². The van der Waals surface area contributed by atoms with Crippen molar-refractivity contribution >= 4 is 5.71 Å². The van der Waals surface area contributed by atoms with E-state index in [2.05, 4.69) is 24.7 Å². The van der Waals surface area contributed by atoms with E-state index in [-0.39, 0.29) is 0 Å². The smallest absolute Gasteiger partial charge is 0.0574 e. The molecule has 0 aliphatic heterocycles. The zero-order valence-corrected chi connectivity index (χ0v) is 7.82. The van der Waals surface area contributed by atoms with Gasteiger partial charge in [-0.3, -0.25) is 4.99 Å². The fourth-order valence-corrected chi connectivity index (χ4v) is 0.652. The minimum absolute atomic E-state index is 0.622. The molecular formula is C12H15N. The van der Waals surface area contributed by atoms with Crippen LogP contribution in [-0.2, 0) is 0 Å². The van der Waals surface area contributed by atoms with Crippen molar-refractivity contribution in [1.82, 2.24) is 0 Å². The van der Waals surface area contributed by atoms with Crippen LogP contribution in [0.25, 0.3) is 0 Å². The molecule has 0 fully saturated rings. The van der Waals surface area contributed by atoms with Crippen molar-refractivity contribution in [2.24, 2.45) is 4.99 Å². The molecule has 0 N–H and O–H groups in total. The molecule has 0 spiro atoms. The Morgan fingerprint density at radius 1 is 1.08 bits per heavy atom. The SMILES string of the molecule is C=C/C=C\C=C/C(C=C)=NCC=C.